The molecule has 4 amide bonds. The summed E-state index contributed by atoms with van der Waals surface area (Å²) >= 11 is 0. The van der Waals surface area contributed by atoms with Gasteiger partial charge < -0.3 is 39.3 Å². The molecular formula is C33H60N6O4Si3. The van der Waals surface area contributed by atoms with Crippen molar-refractivity contribution in [2.45, 2.75) is 71.1 Å². The summed E-state index contributed by atoms with van der Waals surface area (Å²) in [5.41, 5.74) is 1.59. The minimum absolute atomic E-state index is 0.0641. The van der Waals surface area contributed by atoms with Crippen LogP contribution in [0.25, 0.3) is 0 Å². The van der Waals surface area contributed by atoms with Crippen molar-refractivity contribution in [2.24, 2.45) is 0 Å². The van der Waals surface area contributed by atoms with E-state index in [2.05, 4.69) is 79.4 Å². The molecule has 0 aromatic heterocycles. The molecular weight excluding hydrogens is 629 g/mol. The van der Waals surface area contributed by atoms with Crippen LogP contribution in [-0.4, -0.2) is 99.9 Å². The standard InChI is InChI=1S/C33H60N6O4Si3/c1-9-34-22-27-39(33(41)37-31-20-14-11-15-21-31)25-17-29-45(5,6)43-46(7,8)42-44(3,4)28-16-24-38(2)26-23-35-32(40)36-30-18-12-10-13-19-30/h10-15,18-21,34H,9,16-17,22-29H2,1-8H3,(H,37,41)(H2,35,36,40). The normalized spacial score (nSPS) is 12.2. The van der Waals surface area contributed by atoms with Crippen LogP contribution in [0.5, 0.6) is 0 Å². The molecule has 258 valence electrons. The molecule has 0 spiro atoms. The van der Waals surface area contributed by atoms with Crippen molar-refractivity contribution in [1.29, 1.82) is 0 Å². The molecule has 13 heteroatoms. The molecule has 0 unspecified atom stereocenters. The highest BCUT2D eigenvalue weighted by molar-refractivity contribution is 6.87. The minimum Gasteiger partial charge on any atom is -0.437 e. The summed E-state index contributed by atoms with van der Waals surface area (Å²) in [6.45, 7) is 20.9. The zero-order chi connectivity index (χ0) is 34.1. The van der Waals surface area contributed by atoms with E-state index in [0.29, 0.717) is 19.6 Å². The fraction of sp³-hybridized carbons (Fsp3) is 0.576. The smallest absolute Gasteiger partial charge is 0.321 e. The molecule has 2 aromatic rings. The molecule has 2 aromatic carbocycles. The van der Waals surface area contributed by atoms with Gasteiger partial charge in [-0.05, 0) is 109 Å². The van der Waals surface area contributed by atoms with Crippen LogP contribution in [0.15, 0.2) is 60.7 Å². The van der Waals surface area contributed by atoms with Gasteiger partial charge in [0, 0.05) is 44.1 Å². The molecule has 46 heavy (non-hydrogen) atoms. The average Bonchev–Trinajstić information content (AvgIpc) is 2.96. The molecule has 0 saturated heterocycles. The van der Waals surface area contributed by atoms with Crippen LogP contribution in [0.3, 0.4) is 0 Å². The molecule has 0 atom stereocenters. The summed E-state index contributed by atoms with van der Waals surface area (Å²) in [5.74, 6) is 0. The van der Waals surface area contributed by atoms with Crippen molar-refractivity contribution in [1.82, 2.24) is 20.4 Å². The van der Waals surface area contributed by atoms with Crippen molar-refractivity contribution in [3.8, 4) is 0 Å². The predicted molar refractivity (Wildman–Crippen MR) is 200 cm³/mol. The van der Waals surface area contributed by atoms with E-state index >= 15 is 0 Å². The lowest BCUT2D eigenvalue weighted by Gasteiger charge is -2.39. The van der Waals surface area contributed by atoms with Crippen LogP contribution in [0, 0.1) is 0 Å². The highest BCUT2D eigenvalue weighted by Gasteiger charge is 2.39. The number of urea groups is 2. The molecule has 0 aliphatic rings. The Morgan fingerprint density at radius 1 is 0.696 bits per heavy atom. The van der Waals surface area contributed by atoms with Crippen molar-refractivity contribution >= 4 is 48.6 Å². The topological polar surface area (TPSA) is 107 Å². The lowest BCUT2D eigenvalue weighted by molar-refractivity contribution is 0.211. The fourth-order valence-corrected chi connectivity index (χ4v) is 19.5. The molecule has 0 saturated carbocycles. The summed E-state index contributed by atoms with van der Waals surface area (Å²) in [6.07, 6.45) is 1.94. The third-order valence-corrected chi connectivity index (χ3v) is 19.0. The van der Waals surface area contributed by atoms with E-state index in [1.807, 2.05) is 65.6 Å². The number of benzene rings is 2. The highest BCUT2D eigenvalue weighted by Crippen LogP contribution is 2.26. The molecule has 0 radical (unpaired) electrons. The minimum atomic E-state index is -2.34. The van der Waals surface area contributed by atoms with Gasteiger partial charge in [0.2, 0.25) is 0 Å². The largest absolute Gasteiger partial charge is 0.437 e. The van der Waals surface area contributed by atoms with Crippen molar-refractivity contribution in [2.75, 3.05) is 63.5 Å². The Balaban J connectivity index is 1.74. The molecule has 4 N–H and O–H groups in total. The third kappa shape index (κ3) is 17.4. The van der Waals surface area contributed by atoms with Crippen molar-refractivity contribution in [3.63, 3.8) is 0 Å². The zero-order valence-electron chi connectivity index (χ0n) is 29.6. The monoisotopic (exact) mass is 688 g/mol. The molecule has 0 fully saturated rings. The van der Waals surface area contributed by atoms with Crippen molar-refractivity contribution < 1.29 is 17.8 Å². The second kappa shape index (κ2) is 20.0. The summed E-state index contributed by atoms with van der Waals surface area (Å²) < 4.78 is 13.7. The number of carbonyl (C=O) groups excluding carboxylic acids is 2. The number of nitrogens with one attached hydrogen (secondary N) is 4. The van der Waals surface area contributed by atoms with Crippen LogP contribution in [-0.2, 0) is 8.23 Å². The van der Waals surface area contributed by atoms with Crippen molar-refractivity contribution in [3.05, 3.63) is 60.7 Å². The Bertz CT molecular complexity index is 1160. The van der Waals surface area contributed by atoms with Crippen LogP contribution < -0.4 is 21.3 Å². The van der Waals surface area contributed by atoms with Crippen LogP contribution in [0.4, 0.5) is 21.0 Å². The molecule has 0 aliphatic heterocycles. The van der Waals surface area contributed by atoms with E-state index in [4.69, 9.17) is 8.23 Å². The van der Waals surface area contributed by atoms with Gasteiger partial charge in [0.15, 0.2) is 16.6 Å². The predicted octanol–water partition coefficient (Wildman–Crippen LogP) is 6.81. The SMILES string of the molecule is CCNCCN(CCC[Si](C)(C)O[Si](C)(C)O[Si](C)(C)CCCN(C)CCNC(=O)Nc1ccccc1)C(=O)Nc1ccccc1. The zero-order valence-corrected chi connectivity index (χ0v) is 32.6. The fourth-order valence-electron chi connectivity index (χ4n) is 5.52. The molecule has 0 heterocycles. The van der Waals surface area contributed by atoms with Gasteiger partial charge in [-0.3, -0.25) is 0 Å². The van der Waals surface area contributed by atoms with Crippen LogP contribution in [0.2, 0.25) is 51.4 Å². The molecule has 0 aliphatic carbocycles. The first-order chi connectivity index (χ1) is 21.7. The maximum Gasteiger partial charge on any atom is 0.321 e. The second-order valence-corrected chi connectivity index (χ2v) is 26.0. The lowest BCUT2D eigenvalue weighted by Crippen LogP contribution is -2.52. The molecule has 10 nitrogen and oxygen atoms in total. The Morgan fingerprint density at radius 3 is 1.76 bits per heavy atom. The Kier molecular flexibility index (Phi) is 17.2. The highest BCUT2D eigenvalue weighted by atomic mass is 28.5. The number of rotatable bonds is 21. The van der Waals surface area contributed by atoms with E-state index in [0.717, 1.165) is 62.5 Å². The Hall–Kier alpha value is -2.53. The third-order valence-electron chi connectivity index (χ3n) is 7.50. The number of amides is 4. The number of hydrogen-bond donors (Lipinski definition) is 4. The first-order valence-corrected chi connectivity index (χ1v) is 25.8. The molecule has 0 bridgehead atoms. The number of hydrogen-bond acceptors (Lipinski definition) is 6. The first-order valence-electron chi connectivity index (χ1n) is 16.7. The van der Waals surface area contributed by atoms with Gasteiger partial charge >= 0.3 is 20.6 Å². The first kappa shape index (κ1) is 39.6. The van der Waals surface area contributed by atoms with Gasteiger partial charge in [0.05, 0.1) is 0 Å². The summed E-state index contributed by atoms with van der Waals surface area (Å²) in [6, 6.07) is 20.9. The van der Waals surface area contributed by atoms with E-state index in [1.54, 1.807) is 0 Å². The lowest BCUT2D eigenvalue weighted by atomic mass is 10.3. The quantitative estimate of drug-likeness (QED) is 0.0849. The van der Waals surface area contributed by atoms with E-state index in [-0.39, 0.29) is 12.1 Å². The van der Waals surface area contributed by atoms with Gasteiger partial charge in [-0.2, -0.15) is 0 Å². The number of likely N-dealkylation sites (N-methyl/N-ethyl adjacent to an activating group) is 2. The van der Waals surface area contributed by atoms with E-state index in [9.17, 15) is 9.59 Å². The number of carbonyl (C=O) groups is 2. The maximum atomic E-state index is 13.1. The average molecular weight is 689 g/mol. The molecule has 2 rings (SSSR count). The number of nitrogens with zero attached hydrogens (tertiary/aromatic N) is 2. The van der Waals surface area contributed by atoms with Crippen LogP contribution >= 0.6 is 0 Å². The summed E-state index contributed by atoms with van der Waals surface area (Å²) in [5, 5.41) is 12.1. The van der Waals surface area contributed by atoms with Crippen LogP contribution in [0.1, 0.15) is 19.8 Å². The van der Waals surface area contributed by atoms with Gasteiger partial charge in [0.1, 0.15) is 0 Å². The van der Waals surface area contributed by atoms with Gasteiger partial charge in [-0.25, -0.2) is 9.59 Å². The van der Waals surface area contributed by atoms with Gasteiger partial charge in [-0.1, -0.05) is 43.3 Å². The summed E-state index contributed by atoms with van der Waals surface area (Å²) in [7, 11) is -4.20. The second-order valence-electron chi connectivity index (χ2n) is 13.5. The number of para-hydroxylation sites is 2. The van der Waals surface area contributed by atoms with Gasteiger partial charge in [0.25, 0.3) is 0 Å². The Morgan fingerprint density at radius 2 is 1.22 bits per heavy atom. The van der Waals surface area contributed by atoms with E-state index < -0.39 is 25.2 Å². The Labute approximate surface area is 281 Å². The van der Waals surface area contributed by atoms with Gasteiger partial charge in [-0.15, -0.1) is 0 Å². The van der Waals surface area contributed by atoms with E-state index in [1.165, 1.54) is 0 Å². The number of anilines is 2. The maximum absolute atomic E-state index is 13.1. The summed E-state index contributed by atoms with van der Waals surface area (Å²) in [4.78, 5) is 29.3.